The molecule has 1 aromatic rings. The van der Waals surface area contributed by atoms with Crippen molar-refractivity contribution in [2.24, 2.45) is 29.4 Å². The fourth-order valence-corrected chi connectivity index (χ4v) is 3.87. The van der Waals surface area contributed by atoms with E-state index in [0.717, 1.165) is 24.0 Å². The summed E-state index contributed by atoms with van der Waals surface area (Å²) in [5.74, 6) is -0.263. The van der Waals surface area contributed by atoms with E-state index >= 15 is 0 Å². The highest BCUT2D eigenvalue weighted by Gasteiger charge is 2.64. The van der Waals surface area contributed by atoms with Crippen LogP contribution in [0.3, 0.4) is 0 Å². The van der Waals surface area contributed by atoms with Gasteiger partial charge in [0.2, 0.25) is 0 Å². The van der Waals surface area contributed by atoms with E-state index < -0.39 is 0 Å². The molecular formula is C24H33NO6. The molecule has 170 valence electrons. The minimum atomic E-state index is -0.198. The van der Waals surface area contributed by atoms with E-state index in [9.17, 15) is 14.4 Å². The zero-order chi connectivity index (χ0) is 23.2. The standard InChI is InChI=1S/C19H22O4.C4H6O2.CH5N/c1-3-10-22-19(21)17-14-8-9-15(16(14)17)18(20)23-11-13-7-5-4-6-12(13)2;1-2-3-6-4-5;1-2/h3-7,14-17H,1,8-11H2,2H3;2,4H,1,3H2;2H2,1H3. The summed E-state index contributed by atoms with van der Waals surface area (Å²) in [5.41, 5.74) is 6.63. The molecule has 2 fully saturated rings. The molecular weight excluding hydrogens is 398 g/mol. The number of carbonyl (C=O) groups excluding carboxylic acids is 3. The lowest BCUT2D eigenvalue weighted by atomic mass is 10.00. The van der Waals surface area contributed by atoms with Crippen LogP contribution in [0.5, 0.6) is 0 Å². The molecule has 0 radical (unpaired) electrons. The van der Waals surface area contributed by atoms with Crippen LogP contribution in [-0.2, 0) is 35.2 Å². The smallest absolute Gasteiger partial charge is 0.309 e. The fraction of sp³-hybridized carbons (Fsp3) is 0.458. The maximum absolute atomic E-state index is 12.4. The predicted molar refractivity (Wildman–Crippen MR) is 118 cm³/mol. The van der Waals surface area contributed by atoms with Crippen molar-refractivity contribution in [1.82, 2.24) is 0 Å². The highest BCUT2D eigenvalue weighted by atomic mass is 16.5. The van der Waals surface area contributed by atoms with Gasteiger partial charge in [0.15, 0.2) is 0 Å². The molecule has 0 heterocycles. The number of nitrogens with two attached hydrogens (primary N) is 1. The van der Waals surface area contributed by atoms with E-state index in [1.54, 1.807) is 6.08 Å². The summed E-state index contributed by atoms with van der Waals surface area (Å²) in [7, 11) is 1.50. The number of hydrogen-bond acceptors (Lipinski definition) is 7. The lowest BCUT2D eigenvalue weighted by Gasteiger charge is -2.14. The Morgan fingerprint density at radius 1 is 1.06 bits per heavy atom. The molecule has 31 heavy (non-hydrogen) atoms. The second kappa shape index (κ2) is 14.1. The van der Waals surface area contributed by atoms with Crippen molar-refractivity contribution < 1.29 is 28.6 Å². The van der Waals surface area contributed by atoms with Crippen LogP contribution in [0.1, 0.15) is 24.0 Å². The number of carbonyl (C=O) groups is 3. The van der Waals surface area contributed by atoms with Gasteiger partial charge < -0.3 is 19.9 Å². The lowest BCUT2D eigenvalue weighted by Crippen LogP contribution is -2.21. The molecule has 2 saturated carbocycles. The summed E-state index contributed by atoms with van der Waals surface area (Å²) in [6.45, 7) is 10.1. The number of fused-ring (bicyclic) bond motifs is 1. The van der Waals surface area contributed by atoms with E-state index in [-0.39, 0.29) is 36.3 Å². The zero-order valence-corrected chi connectivity index (χ0v) is 18.3. The van der Waals surface area contributed by atoms with Crippen molar-refractivity contribution >= 4 is 18.4 Å². The zero-order valence-electron chi connectivity index (χ0n) is 18.3. The Morgan fingerprint density at radius 2 is 1.74 bits per heavy atom. The van der Waals surface area contributed by atoms with Crippen LogP contribution >= 0.6 is 0 Å². The van der Waals surface area contributed by atoms with Crippen molar-refractivity contribution in [2.45, 2.75) is 26.4 Å². The molecule has 1 aromatic carbocycles. The van der Waals surface area contributed by atoms with Gasteiger partial charge in [-0.05, 0) is 49.8 Å². The number of aryl methyl sites for hydroxylation is 1. The van der Waals surface area contributed by atoms with Crippen molar-refractivity contribution in [3.63, 3.8) is 0 Å². The Labute approximate surface area is 184 Å². The van der Waals surface area contributed by atoms with Crippen molar-refractivity contribution in [1.29, 1.82) is 0 Å². The number of ether oxygens (including phenoxy) is 3. The Kier molecular flexibility index (Phi) is 11.9. The van der Waals surface area contributed by atoms with Crippen LogP contribution in [-0.4, -0.2) is 38.7 Å². The quantitative estimate of drug-likeness (QED) is 0.211. The Bertz CT molecular complexity index is 739. The molecule has 4 unspecified atom stereocenters. The first-order valence-electron chi connectivity index (χ1n) is 10.3. The maximum Gasteiger partial charge on any atom is 0.309 e. The third kappa shape index (κ3) is 7.68. The van der Waals surface area contributed by atoms with Gasteiger partial charge in [-0.1, -0.05) is 49.6 Å². The molecule has 0 spiro atoms. The summed E-state index contributed by atoms with van der Waals surface area (Å²) in [5, 5.41) is 0. The van der Waals surface area contributed by atoms with E-state index in [4.69, 9.17) is 9.47 Å². The molecule has 0 saturated heterocycles. The number of benzene rings is 1. The molecule has 0 bridgehead atoms. The minimum Gasteiger partial charge on any atom is -0.464 e. The first-order chi connectivity index (χ1) is 15.0. The first kappa shape index (κ1) is 26.1. The molecule has 0 amide bonds. The maximum atomic E-state index is 12.4. The van der Waals surface area contributed by atoms with E-state index in [1.807, 2.05) is 31.2 Å². The van der Waals surface area contributed by atoms with Gasteiger partial charge in [-0.2, -0.15) is 0 Å². The van der Waals surface area contributed by atoms with Crippen LogP contribution in [0, 0.1) is 30.6 Å². The van der Waals surface area contributed by atoms with Gasteiger partial charge >= 0.3 is 11.9 Å². The second-order valence-electron chi connectivity index (χ2n) is 7.12. The topological polar surface area (TPSA) is 105 Å². The third-order valence-electron chi connectivity index (χ3n) is 5.34. The molecule has 0 aliphatic heterocycles. The molecule has 3 rings (SSSR count). The average molecular weight is 432 g/mol. The van der Waals surface area contributed by atoms with Gasteiger partial charge in [-0.3, -0.25) is 14.4 Å². The Hall–Kier alpha value is -2.93. The fourth-order valence-electron chi connectivity index (χ4n) is 3.87. The molecule has 7 heteroatoms. The summed E-state index contributed by atoms with van der Waals surface area (Å²) in [4.78, 5) is 33.6. The van der Waals surface area contributed by atoms with E-state index in [1.165, 1.54) is 13.1 Å². The molecule has 0 aromatic heterocycles. The van der Waals surface area contributed by atoms with Gasteiger partial charge in [0.1, 0.15) is 19.8 Å². The predicted octanol–water partition coefficient (Wildman–Crippen LogP) is 2.96. The Morgan fingerprint density at radius 3 is 2.32 bits per heavy atom. The second-order valence-corrected chi connectivity index (χ2v) is 7.12. The normalized spacial score (nSPS) is 22.2. The number of esters is 2. The van der Waals surface area contributed by atoms with Crippen LogP contribution in [0.2, 0.25) is 0 Å². The van der Waals surface area contributed by atoms with Crippen LogP contribution < -0.4 is 5.73 Å². The Balaban J connectivity index is 0.000000521. The summed E-state index contributed by atoms with van der Waals surface area (Å²) < 4.78 is 14.8. The van der Waals surface area contributed by atoms with Gasteiger partial charge in [0.25, 0.3) is 6.47 Å². The SMILES string of the molecule is C=CCOC(=O)C1C2CCC(C(=O)OCc3ccccc3C)C21.C=CCOC=O.CN. The largest absolute Gasteiger partial charge is 0.464 e. The van der Waals surface area contributed by atoms with Crippen molar-refractivity contribution in [3.8, 4) is 0 Å². The van der Waals surface area contributed by atoms with Crippen LogP contribution in [0.15, 0.2) is 49.6 Å². The number of rotatable bonds is 9. The minimum absolute atomic E-state index is 0.108. The van der Waals surface area contributed by atoms with Gasteiger partial charge in [-0.15, -0.1) is 0 Å². The van der Waals surface area contributed by atoms with Crippen LogP contribution in [0.4, 0.5) is 0 Å². The summed E-state index contributed by atoms with van der Waals surface area (Å²) in [6, 6.07) is 7.87. The van der Waals surface area contributed by atoms with Gasteiger partial charge in [0, 0.05) is 0 Å². The average Bonchev–Trinajstić information content (AvgIpc) is 3.35. The molecule has 2 N–H and O–H groups in total. The van der Waals surface area contributed by atoms with E-state index in [2.05, 4.69) is 23.6 Å². The summed E-state index contributed by atoms with van der Waals surface area (Å²) in [6.07, 6.45) is 4.79. The van der Waals surface area contributed by atoms with Gasteiger partial charge in [-0.25, -0.2) is 0 Å². The van der Waals surface area contributed by atoms with Crippen LogP contribution in [0.25, 0.3) is 0 Å². The monoisotopic (exact) mass is 431 g/mol. The highest BCUT2D eigenvalue weighted by molar-refractivity contribution is 5.81. The van der Waals surface area contributed by atoms with Crippen molar-refractivity contribution in [3.05, 3.63) is 60.7 Å². The summed E-state index contributed by atoms with van der Waals surface area (Å²) >= 11 is 0. The number of hydrogen-bond donors (Lipinski definition) is 1. The van der Waals surface area contributed by atoms with Gasteiger partial charge in [0.05, 0.1) is 11.8 Å². The molecule has 2 aliphatic rings. The lowest BCUT2D eigenvalue weighted by molar-refractivity contribution is -0.151. The van der Waals surface area contributed by atoms with E-state index in [0.29, 0.717) is 25.6 Å². The molecule has 7 nitrogen and oxygen atoms in total. The third-order valence-corrected chi connectivity index (χ3v) is 5.34. The molecule has 2 aliphatic carbocycles. The first-order valence-corrected chi connectivity index (χ1v) is 10.3. The van der Waals surface area contributed by atoms with Crippen molar-refractivity contribution in [2.75, 3.05) is 20.3 Å². The highest BCUT2D eigenvalue weighted by Crippen LogP contribution is 2.61. The molecule has 4 atom stereocenters.